The maximum Gasteiger partial charge on any atom is 0.338 e. The molecule has 0 heterocycles. The molecule has 2 nitrogen and oxygen atoms in total. The topological polar surface area (TPSA) is 18.5 Å². The lowest BCUT2D eigenvalue weighted by atomic mass is 10.1. The van der Waals surface area contributed by atoms with E-state index in [1.54, 1.807) is 0 Å². The molecule has 1 fully saturated rings. The normalized spacial score (nSPS) is 29.2. The number of rotatable bonds is 7. The minimum atomic E-state index is -2.08. The molecule has 0 saturated heterocycles. The van der Waals surface area contributed by atoms with E-state index < -0.39 is 8.56 Å². The standard InChI is InChI=1S/C14H26O2Si/c1-6-12-10-13(7-2)14(11-12)17(5,15-8-3)16-9-4/h6-7,12-14H,1-2,8-11H2,3-5H3. The quantitative estimate of drug-likeness (QED) is 0.507. The number of hydrogen-bond acceptors (Lipinski definition) is 2. The minimum Gasteiger partial charge on any atom is -0.394 e. The molecular formula is C14H26O2Si. The van der Waals surface area contributed by atoms with Gasteiger partial charge in [-0.15, -0.1) is 13.2 Å². The summed E-state index contributed by atoms with van der Waals surface area (Å²) in [5.41, 5.74) is 0.517. The zero-order chi connectivity index (χ0) is 12.9. The molecule has 0 N–H and O–H groups in total. The summed E-state index contributed by atoms with van der Waals surface area (Å²) in [5.74, 6) is 1.11. The molecule has 0 aromatic heterocycles. The van der Waals surface area contributed by atoms with Gasteiger partial charge in [-0.25, -0.2) is 0 Å². The predicted molar refractivity (Wildman–Crippen MR) is 75.2 cm³/mol. The van der Waals surface area contributed by atoms with Crippen LogP contribution in [-0.2, 0) is 8.85 Å². The van der Waals surface area contributed by atoms with Gasteiger partial charge in [0.25, 0.3) is 0 Å². The molecule has 1 rings (SSSR count). The zero-order valence-electron chi connectivity index (χ0n) is 11.4. The molecule has 0 radical (unpaired) electrons. The van der Waals surface area contributed by atoms with E-state index in [1.165, 1.54) is 0 Å². The first-order valence-corrected chi connectivity index (χ1v) is 9.03. The third kappa shape index (κ3) is 3.30. The van der Waals surface area contributed by atoms with Gasteiger partial charge in [0.05, 0.1) is 0 Å². The summed E-state index contributed by atoms with van der Waals surface area (Å²) in [7, 11) is -2.08. The van der Waals surface area contributed by atoms with Crippen LogP contribution in [0.3, 0.4) is 0 Å². The van der Waals surface area contributed by atoms with Crippen LogP contribution < -0.4 is 0 Å². The average Bonchev–Trinajstić information content (AvgIpc) is 2.73. The summed E-state index contributed by atoms with van der Waals surface area (Å²) in [4.78, 5) is 0. The van der Waals surface area contributed by atoms with Gasteiger partial charge in [0.2, 0.25) is 0 Å². The van der Waals surface area contributed by atoms with E-state index >= 15 is 0 Å². The van der Waals surface area contributed by atoms with Gasteiger partial charge in [0, 0.05) is 18.8 Å². The largest absolute Gasteiger partial charge is 0.394 e. The Morgan fingerprint density at radius 1 is 1.12 bits per heavy atom. The SMILES string of the molecule is C=CC1CC(C=C)C([Si](C)(OCC)OCC)C1. The Morgan fingerprint density at radius 3 is 2.12 bits per heavy atom. The lowest BCUT2D eigenvalue weighted by molar-refractivity contribution is 0.174. The monoisotopic (exact) mass is 254 g/mol. The lowest BCUT2D eigenvalue weighted by Gasteiger charge is -2.34. The molecule has 1 aliphatic carbocycles. The second-order valence-electron chi connectivity index (χ2n) is 4.86. The van der Waals surface area contributed by atoms with Crippen molar-refractivity contribution in [3.63, 3.8) is 0 Å². The fraction of sp³-hybridized carbons (Fsp3) is 0.714. The van der Waals surface area contributed by atoms with Gasteiger partial charge in [-0.2, -0.15) is 0 Å². The summed E-state index contributed by atoms with van der Waals surface area (Å²) in [6.07, 6.45) is 6.45. The molecule has 0 aromatic carbocycles. The van der Waals surface area contributed by atoms with Crippen LogP contribution in [0.2, 0.25) is 12.1 Å². The van der Waals surface area contributed by atoms with E-state index in [4.69, 9.17) is 8.85 Å². The molecule has 1 saturated carbocycles. The van der Waals surface area contributed by atoms with E-state index in [2.05, 4.69) is 31.9 Å². The fourth-order valence-corrected chi connectivity index (χ4v) is 6.43. The Hall–Kier alpha value is -0.383. The fourth-order valence-electron chi connectivity index (χ4n) is 3.00. The molecule has 1 aliphatic rings. The Balaban J connectivity index is 2.84. The molecule has 17 heavy (non-hydrogen) atoms. The first-order valence-electron chi connectivity index (χ1n) is 6.64. The highest BCUT2D eigenvalue weighted by Gasteiger charge is 2.48. The van der Waals surface area contributed by atoms with E-state index in [0.29, 0.717) is 17.4 Å². The highest BCUT2D eigenvalue weighted by molar-refractivity contribution is 6.67. The van der Waals surface area contributed by atoms with Crippen LogP contribution >= 0.6 is 0 Å². The summed E-state index contributed by atoms with van der Waals surface area (Å²) in [6.45, 7) is 15.7. The van der Waals surface area contributed by atoms with Crippen molar-refractivity contribution < 1.29 is 8.85 Å². The van der Waals surface area contributed by atoms with Crippen molar-refractivity contribution in [1.82, 2.24) is 0 Å². The molecule has 98 valence electrons. The van der Waals surface area contributed by atoms with Crippen molar-refractivity contribution in [3.05, 3.63) is 25.3 Å². The van der Waals surface area contributed by atoms with E-state index in [9.17, 15) is 0 Å². The molecule has 0 aliphatic heterocycles. The zero-order valence-corrected chi connectivity index (χ0v) is 12.4. The van der Waals surface area contributed by atoms with E-state index in [-0.39, 0.29) is 0 Å². The highest BCUT2D eigenvalue weighted by atomic mass is 28.4. The molecular weight excluding hydrogens is 228 g/mol. The van der Waals surface area contributed by atoms with Gasteiger partial charge in [0.15, 0.2) is 0 Å². The van der Waals surface area contributed by atoms with Crippen molar-refractivity contribution >= 4 is 8.56 Å². The Labute approximate surface area is 107 Å². The lowest BCUT2D eigenvalue weighted by Crippen LogP contribution is -2.45. The van der Waals surface area contributed by atoms with Crippen LogP contribution in [-0.4, -0.2) is 21.8 Å². The van der Waals surface area contributed by atoms with E-state index in [0.717, 1.165) is 26.1 Å². The van der Waals surface area contributed by atoms with Crippen LogP contribution in [0.15, 0.2) is 25.3 Å². The van der Waals surface area contributed by atoms with Gasteiger partial charge in [-0.05, 0) is 45.1 Å². The van der Waals surface area contributed by atoms with Gasteiger partial charge in [-0.3, -0.25) is 0 Å². The van der Waals surface area contributed by atoms with Crippen molar-refractivity contribution in [2.45, 2.75) is 38.8 Å². The molecule has 0 spiro atoms. The molecule has 0 amide bonds. The Morgan fingerprint density at radius 2 is 1.71 bits per heavy atom. The van der Waals surface area contributed by atoms with Gasteiger partial charge >= 0.3 is 8.56 Å². The minimum absolute atomic E-state index is 0.517. The van der Waals surface area contributed by atoms with Crippen molar-refractivity contribution in [3.8, 4) is 0 Å². The third-order valence-electron chi connectivity index (χ3n) is 3.82. The van der Waals surface area contributed by atoms with Gasteiger partial charge in [-0.1, -0.05) is 12.2 Å². The molecule has 3 unspecified atom stereocenters. The summed E-state index contributed by atoms with van der Waals surface area (Å²) in [5, 5.41) is 0. The second-order valence-corrected chi connectivity index (χ2v) is 8.21. The summed E-state index contributed by atoms with van der Waals surface area (Å²) in [6, 6.07) is 0. The van der Waals surface area contributed by atoms with Gasteiger partial charge < -0.3 is 8.85 Å². The van der Waals surface area contributed by atoms with Crippen molar-refractivity contribution in [2.75, 3.05) is 13.2 Å². The van der Waals surface area contributed by atoms with Crippen LogP contribution in [0.5, 0.6) is 0 Å². The third-order valence-corrected chi connectivity index (χ3v) is 7.55. The van der Waals surface area contributed by atoms with Crippen LogP contribution in [0, 0.1) is 11.8 Å². The molecule has 3 atom stereocenters. The number of allylic oxidation sites excluding steroid dienone is 2. The number of hydrogen-bond donors (Lipinski definition) is 0. The molecule has 0 aromatic rings. The molecule has 0 bridgehead atoms. The Kier molecular flexibility index (Phi) is 5.63. The van der Waals surface area contributed by atoms with Crippen LogP contribution in [0.1, 0.15) is 26.7 Å². The van der Waals surface area contributed by atoms with Crippen LogP contribution in [0.4, 0.5) is 0 Å². The summed E-state index contributed by atoms with van der Waals surface area (Å²) >= 11 is 0. The van der Waals surface area contributed by atoms with E-state index in [1.807, 2.05) is 13.8 Å². The second kappa shape index (κ2) is 6.52. The average molecular weight is 254 g/mol. The molecule has 3 heteroatoms. The summed E-state index contributed by atoms with van der Waals surface area (Å²) < 4.78 is 12.0. The first-order chi connectivity index (χ1) is 8.11. The smallest absolute Gasteiger partial charge is 0.338 e. The van der Waals surface area contributed by atoms with Crippen LogP contribution in [0.25, 0.3) is 0 Å². The maximum absolute atomic E-state index is 6.01. The van der Waals surface area contributed by atoms with Crippen molar-refractivity contribution in [1.29, 1.82) is 0 Å². The van der Waals surface area contributed by atoms with Crippen molar-refractivity contribution in [2.24, 2.45) is 11.8 Å². The maximum atomic E-state index is 6.01. The highest BCUT2D eigenvalue weighted by Crippen LogP contribution is 2.48. The predicted octanol–water partition coefficient (Wildman–Crippen LogP) is 3.90. The Bertz CT molecular complexity index is 259. The first kappa shape index (κ1) is 14.7. The van der Waals surface area contributed by atoms with Gasteiger partial charge in [0.1, 0.15) is 0 Å².